The Kier molecular flexibility index (Phi) is 7.54. The van der Waals surface area contributed by atoms with Crippen LogP contribution in [0, 0.1) is 0 Å². The van der Waals surface area contributed by atoms with Gasteiger partial charge < -0.3 is 16.4 Å². The van der Waals surface area contributed by atoms with Crippen molar-refractivity contribution in [3.8, 4) is 0 Å². The molecule has 0 aromatic heterocycles. The second kappa shape index (κ2) is 8.92. The van der Waals surface area contributed by atoms with Gasteiger partial charge in [0, 0.05) is 6.54 Å². The Labute approximate surface area is 121 Å². The standard InChI is InChI=1S/C14H27N4O2/c1-3-6-10(15)13(19)17-11(7-4-2)14(20)18-12-8-5-9-16-12/h10-12H,3-9,15H2,1-2H3,(H,17,19)(H,18,20)/t10-,11-,12?/m0/s1. The number of carbonyl (C=O) groups is 2. The average molecular weight is 283 g/mol. The molecule has 0 spiro atoms. The predicted molar refractivity (Wildman–Crippen MR) is 77.9 cm³/mol. The van der Waals surface area contributed by atoms with E-state index in [0.29, 0.717) is 12.8 Å². The van der Waals surface area contributed by atoms with Crippen molar-refractivity contribution < 1.29 is 9.59 Å². The Bertz CT molecular complexity index is 316. The van der Waals surface area contributed by atoms with Crippen molar-refractivity contribution in [2.75, 3.05) is 6.54 Å². The SMILES string of the molecule is CCC[C@H](NC(=O)[C@@H](N)CCC)C(=O)NC1CCC[N]1. The van der Waals surface area contributed by atoms with E-state index in [1.165, 1.54) is 0 Å². The van der Waals surface area contributed by atoms with Crippen LogP contribution in [-0.2, 0) is 9.59 Å². The molecule has 1 fully saturated rings. The molecule has 4 N–H and O–H groups in total. The second-order valence-corrected chi connectivity index (χ2v) is 5.32. The molecule has 115 valence electrons. The van der Waals surface area contributed by atoms with Crippen LogP contribution in [0.15, 0.2) is 0 Å². The Morgan fingerprint density at radius 3 is 2.50 bits per heavy atom. The van der Waals surface area contributed by atoms with Crippen molar-refractivity contribution in [2.45, 2.75) is 70.6 Å². The van der Waals surface area contributed by atoms with E-state index in [1.807, 2.05) is 13.8 Å². The molecule has 6 heteroatoms. The molecule has 6 nitrogen and oxygen atoms in total. The third-order valence-corrected chi connectivity index (χ3v) is 3.44. The minimum Gasteiger partial charge on any atom is -0.343 e. The zero-order valence-corrected chi connectivity index (χ0v) is 12.5. The molecule has 1 radical (unpaired) electrons. The molecule has 0 aromatic rings. The monoisotopic (exact) mass is 283 g/mol. The molecule has 1 aliphatic rings. The molecule has 0 aliphatic carbocycles. The summed E-state index contributed by atoms with van der Waals surface area (Å²) in [6, 6.07) is -1.05. The van der Waals surface area contributed by atoms with E-state index < -0.39 is 12.1 Å². The number of nitrogens with one attached hydrogen (secondary N) is 2. The van der Waals surface area contributed by atoms with Crippen LogP contribution in [0.3, 0.4) is 0 Å². The van der Waals surface area contributed by atoms with Crippen molar-refractivity contribution in [3.05, 3.63) is 0 Å². The summed E-state index contributed by atoms with van der Waals surface area (Å²) in [6.07, 6.45) is 4.71. The quantitative estimate of drug-likeness (QED) is 0.595. The van der Waals surface area contributed by atoms with Gasteiger partial charge in [0.1, 0.15) is 6.04 Å². The highest BCUT2D eigenvalue weighted by molar-refractivity contribution is 5.89. The molecule has 1 unspecified atom stereocenters. The predicted octanol–water partition coefficient (Wildman–Crippen LogP) is 0.239. The van der Waals surface area contributed by atoms with E-state index in [1.54, 1.807) is 0 Å². The lowest BCUT2D eigenvalue weighted by Gasteiger charge is -2.22. The van der Waals surface area contributed by atoms with Gasteiger partial charge in [0.15, 0.2) is 0 Å². The summed E-state index contributed by atoms with van der Waals surface area (Å²) in [5.74, 6) is -0.400. The number of nitrogens with two attached hydrogens (primary N) is 1. The van der Waals surface area contributed by atoms with Gasteiger partial charge in [-0.2, -0.15) is 0 Å². The van der Waals surface area contributed by atoms with Gasteiger partial charge in [0.05, 0.1) is 12.2 Å². The molecule has 3 atom stereocenters. The Balaban J connectivity index is 2.49. The van der Waals surface area contributed by atoms with Crippen LogP contribution in [-0.4, -0.2) is 36.6 Å². The van der Waals surface area contributed by atoms with Gasteiger partial charge in [-0.15, -0.1) is 0 Å². The summed E-state index contributed by atoms with van der Waals surface area (Å²) < 4.78 is 0. The number of hydrogen-bond acceptors (Lipinski definition) is 3. The zero-order valence-electron chi connectivity index (χ0n) is 12.5. The van der Waals surface area contributed by atoms with E-state index in [0.717, 1.165) is 32.2 Å². The van der Waals surface area contributed by atoms with E-state index in [-0.39, 0.29) is 18.0 Å². The smallest absolute Gasteiger partial charge is 0.243 e. The van der Waals surface area contributed by atoms with Crippen LogP contribution < -0.4 is 21.7 Å². The highest BCUT2D eigenvalue weighted by Gasteiger charge is 2.25. The third kappa shape index (κ3) is 5.46. The molecule has 0 saturated carbocycles. The van der Waals surface area contributed by atoms with Crippen LogP contribution in [0.4, 0.5) is 0 Å². The maximum atomic E-state index is 12.2. The summed E-state index contributed by atoms with van der Waals surface area (Å²) >= 11 is 0. The first-order valence-corrected chi connectivity index (χ1v) is 7.61. The van der Waals surface area contributed by atoms with Crippen LogP contribution >= 0.6 is 0 Å². The summed E-state index contributed by atoms with van der Waals surface area (Å²) in [5, 5.41) is 9.93. The first-order valence-electron chi connectivity index (χ1n) is 7.61. The van der Waals surface area contributed by atoms with E-state index >= 15 is 0 Å². The molecule has 1 saturated heterocycles. The molecule has 2 amide bonds. The fourth-order valence-electron chi connectivity index (χ4n) is 2.28. The minimum atomic E-state index is -0.539. The van der Waals surface area contributed by atoms with Gasteiger partial charge in [-0.3, -0.25) is 9.59 Å². The van der Waals surface area contributed by atoms with E-state index in [9.17, 15) is 9.59 Å². The molecule has 1 rings (SSSR count). The first-order chi connectivity index (χ1) is 9.58. The number of rotatable bonds is 8. The highest BCUT2D eigenvalue weighted by atomic mass is 16.2. The summed E-state index contributed by atoms with van der Waals surface area (Å²) in [4.78, 5) is 24.1. The summed E-state index contributed by atoms with van der Waals surface area (Å²) in [6.45, 7) is 4.76. The molecule has 1 aliphatic heterocycles. The number of amides is 2. The maximum absolute atomic E-state index is 12.2. The largest absolute Gasteiger partial charge is 0.343 e. The lowest BCUT2D eigenvalue weighted by atomic mass is 10.1. The topological polar surface area (TPSA) is 98.3 Å². The van der Waals surface area contributed by atoms with Crippen molar-refractivity contribution in [1.29, 1.82) is 0 Å². The normalized spacial score (nSPS) is 21.2. The van der Waals surface area contributed by atoms with Gasteiger partial charge in [-0.05, 0) is 25.7 Å². The lowest BCUT2D eigenvalue weighted by molar-refractivity contribution is -0.130. The molecular weight excluding hydrogens is 256 g/mol. The van der Waals surface area contributed by atoms with Crippen LogP contribution in [0.25, 0.3) is 0 Å². The Morgan fingerprint density at radius 1 is 1.25 bits per heavy atom. The minimum absolute atomic E-state index is 0.0944. The summed E-state index contributed by atoms with van der Waals surface area (Å²) in [7, 11) is 0. The zero-order chi connectivity index (χ0) is 15.0. The lowest BCUT2D eigenvalue weighted by Crippen LogP contribution is -2.53. The fraction of sp³-hybridized carbons (Fsp3) is 0.857. The molecule has 0 aromatic carbocycles. The first kappa shape index (κ1) is 16.9. The summed E-state index contributed by atoms with van der Waals surface area (Å²) in [5.41, 5.74) is 5.77. The van der Waals surface area contributed by atoms with Crippen LogP contribution in [0.2, 0.25) is 0 Å². The molecular formula is C14H27N4O2. The second-order valence-electron chi connectivity index (χ2n) is 5.32. The average Bonchev–Trinajstić information content (AvgIpc) is 2.91. The highest BCUT2D eigenvalue weighted by Crippen LogP contribution is 2.06. The third-order valence-electron chi connectivity index (χ3n) is 3.44. The van der Waals surface area contributed by atoms with Crippen molar-refractivity contribution in [3.63, 3.8) is 0 Å². The van der Waals surface area contributed by atoms with Crippen molar-refractivity contribution in [2.24, 2.45) is 5.73 Å². The van der Waals surface area contributed by atoms with Gasteiger partial charge in [-0.25, -0.2) is 5.32 Å². The van der Waals surface area contributed by atoms with Gasteiger partial charge in [-0.1, -0.05) is 26.7 Å². The van der Waals surface area contributed by atoms with Gasteiger partial charge >= 0.3 is 0 Å². The Morgan fingerprint density at radius 2 is 1.95 bits per heavy atom. The van der Waals surface area contributed by atoms with Crippen molar-refractivity contribution >= 4 is 11.8 Å². The van der Waals surface area contributed by atoms with Gasteiger partial charge in [0.25, 0.3) is 0 Å². The molecule has 0 bridgehead atoms. The maximum Gasteiger partial charge on any atom is 0.243 e. The molecule has 1 heterocycles. The Hall–Kier alpha value is -1.14. The van der Waals surface area contributed by atoms with Crippen molar-refractivity contribution in [1.82, 2.24) is 16.0 Å². The van der Waals surface area contributed by atoms with Crippen LogP contribution in [0.5, 0.6) is 0 Å². The number of hydrogen-bond donors (Lipinski definition) is 3. The van der Waals surface area contributed by atoms with Crippen LogP contribution in [0.1, 0.15) is 52.4 Å². The van der Waals surface area contributed by atoms with E-state index in [2.05, 4.69) is 16.0 Å². The fourth-order valence-corrected chi connectivity index (χ4v) is 2.28. The molecule has 20 heavy (non-hydrogen) atoms. The number of carbonyl (C=O) groups excluding carboxylic acids is 2. The van der Waals surface area contributed by atoms with E-state index in [4.69, 9.17) is 5.73 Å². The van der Waals surface area contributed by atoms with Gasteiger partial charge in [0.2, 0.25) is 11.8 Å². The number of nitrogens with zero attached hydrogens (tertiary/aromatic N) is 1.